The number of carbonyl (C=O) groups excluding carboxylic acids is 1. The van der Waals surface area contributed by atoms with Gasteiger partial charge in [0.25, 0.3) is 5.91 Å². The quantitative estimate of drug-likeness (QED) is 0.872. The van der Waals surface area contributed by atoms with Crippen LogP contribution >= 0.6 is 0 Å². The minimum absolute atomic E-state index is 0.0389. The van der Waals surface area contributed by atoms with Crippen LogP contribution in [0.15, 0.2) is 6.20 Å². The van der Waals surface area contributed by atoms with E-state index in [4.69, 9.17) is 0 Å². The Morgan fingerprint density at radius 1 is 1.39 bits per heavy atom. The molecule has 0 radical (unpaired) electrons. The molecule has 1 saturated carbocycles. The second kappa shape index (κ2) is 4.55. The van der Waals surface area contributed by atoms with Gasteiger partial charge in [-0.2, -0.15) is 0 Å². The van der Waals surface area contributed by atoms with Gasteiger partial charge < -0.3 is 10.2 Å². The third kappa shape index (κ3) is 2.30. The fraction of sp³-hybridized carbons (Fsp3) is 0.615. The van der Waals surface area contributed by atoms with Gasteiger partial charge in [-0.15, -0.1) is 0 Å². The molecule has 3 rings (SSSR count). The molecule has 0 spiro atoms. The molecule has 1 aromatic rings. The number of nitrogens with one attached hydrogen (secondary N) is 1. The van der Waals surface area contributed by atoms with E-state index in [1.54, 1.807) is 6.20 Å². The van der Waals surface area contributed by atoms with E-state index < -0.39 is 0 Å². The number of aromatic nitrogens is 2. The molecule has 1 saturated heterocycles. The van der Waals surface area contributed by atoms with Gasteiger partial charge in [0.1, 0.15) is 0 Å². The van der Waals surface area contributed by atoms with Gasteiger partial charge >= 0.3 is 0 Å². The fourth-order valence-corrected chi connectivity index (χ4v) is 2.24. The van der Waals surface area contributed by atoms with Gasteiger partial charge in [0.05, 0.1) is 11.3 Å². The molecule has 0 atom stereocenters. The molecule has 2 fully saturated rings. The first-order valence-corrected chi connectivity index (χ1v) is 6.63. The number of amides is 1. The Labute approximate surface area is 107 Å². The fourth-order valence-electron chi connectivity index (χ4n) is 2.24. The molecule has 1 aromatic heterocycles. The molecule has 5 heteroatoms. The number of aryl methyl sites for hydroxylation is 1. The van der Waals surface area contributed by atoms with E-state index in [0.717, 1.165) is 37.6 Å². The highest BCUT2D eigenvalue weighted by atomic mass is 16.1. The van der Waals surface area contributed by atoms with E-state index in [1.807, 2.05) is 6.92 Å². The van der Waals surface area contributed by atoms with E-state index in [2.05, 4.69) is 20.2 Å². The summed E-state index contributed by atoms with van der Waals surface area (Å²) in [5, 5.41) is 2.97. The van der Waals surface area contributed by atoms with Crippen molar-refractivity contribution in [2.75, 3.05) is 18.0 Å². The molecule has 0 unspecified atom stereocenters. The lowest BCUT2D eigenvalue weighted by molar-refractivity contribution is 0.0949. The van der Waals surface area contributed by atoms with Crippen molar-refractivity contribution in [1.29, 1.82) is 0 Å². The summed E-state index contributed by atoms with van der Waals surface area (Å²) >= 11 is 0. The second-order valence-corrected chi connectivity index (χ2v) is 5.11. The van der Waals surface area contributed by atoms with E-state index in [-0.39, 0.29) is 5.91 Å². The Kier molecular flexibility index (Phi) is 2.89. The lowest BCUT2D eigenvalue weighted by Crippen LogP contribution is -2.27. The average molecular weight is 246 g/mol. The Bertz CT molecular complexity index is 464. The van der Waals surface area contributed by atoms with Crippen molar-refractivity contribution in [1.82, 2.24) is 15.3 Å². The monoisotopic (exact) mass is 246 g/mol. The third-order valence-electron chi connectivity index (χ3n) is 3.51. The van der Waals surface area contributed by atoms with E-state index >= 15 is 0 Å². The lowest BCUT2D eigenvalue weighted by Gasteiger charge is -2.16. The lowest BCUT2D eigenvalue weighted by atomic mass is 10.2. The average Bonchev–Trinajstić information content (AvgIpc) is 3.00. The number of hydrogen-bond acceptors (Lipinski definition) is 4. The van der Waals surface area contributed by atoms with Crippen LogP contribution in [0.4, 0.5) is 5.95 Å². The highest BCUT2D eigenvalue weighted by Crippen LogP contribution is 2.20. The highest BCUT2D eigenvalue weighted by molar-refractivity contribution is 5.95. The predicted octanol–water partition coefficient (Wildman–Crippen LogP) is 1.28. The van der Waals surface area contributed by atoms with Crippen LogP contribution in [0, 0.1) is 6.92 Å². The maximum absolute atomic E-state index is 11.9. The van der Waals surface area contributed by atoms with Crippen LogP contribution in [0.5, 0.6) is 0 Å². The topological polar surface area (TPSA) is 58.1 Å². The van der Waals surface area contributed by atoms with Crippen LogP contribution in [0.25, 0.3) is 0 Å². The van der Waals surface area contributed by atoms with Crippen molar-refractivity contribution < 1.29 is 4.79 Å². The van der Waals surface area contributed by atoms with Gasteiger partial charge in [-0.25, -0.2) is 9.97 Å². The Balaban J connectivity index is 1.77. The summed E-state index contributed by atoms with van der Waals surface area (Å²) in [5.41, 5.74) is 1.37. The van der Waals surface area contributed by atoms with Gasteiger partial charge in [-0.1, -0.05) is 0 Å². The summed E-state index contributed by atoms with van der Waals surface area (Å²) in [6.45, 7) is 3.92. The normalized spacial score (nSPS) is 19.1. The molecular formula is C13H18N4O. The first-order chi connectivity index (χ1) is 8.74. The molecule has 96 valence electrons. The van der Waals surface area contributed by atoms with Gasteiger partial charge in [0.15, 0.2) is 0 Å². The largest absolute Gasteiger partial charge is 0.349 e. The van der Waals surface area contributed by atoms with Crippen LogP contribution in [0.1, 0.15) is 41.7 Å². The summed E-state index contributed by atoms with van der Waals surface area (Å²) in [4.78, 5) is 22.9. The summed E-state index contributed by atoms with van der Waals surface area (Å²) in [6.07, 6.45) is 6.25. The maximum atomic E-state index is 11.9. The third-order valence-corrected chi connectivity index (χ3v) is 3.51. The second-order valence-electron chi connectivity index (χ2n) is 5.11. The summed E-state index contributed by atoms with van der Waals surface area (Å²) in [5.74, 6) is 0.718. The van der Waals surface area contributed by atoms with E-state index in [1.165, 1.54) is 12.8 Å². The molecule has 0 bridgehead atoms. The van der Waals surface area contributed by atoms with Gasteiger partial charge in [-0.05, 0) is 32.6 Å². The van der Waals surface area contributed by atoms with Crippen LogP contribution in [-0.4, -0.2) is 35.0 Å². The summed E-state index contributed by atoms with van der Waals surface area (Å²) < 4.78 is 0. The number of carbonyl (C=O) groups is 1. The number of hydrogen-bond donors (Lipinski definition) is 1. The van der Waals surface area contributed by atoms with Crippen molar-refractivity contribution in [2.24, 2.45) is 0 Å². The molecule has 1 N–H and O–H groups in total. The molecule has 1 amide bonds. The van der Waals surface area contributed by atoms with Crippen molar-refractivity contribution in [3.8, 4) is 0 Å². The zero-order chi connectivity index (χ0) is 12.5. The molecule has 18 heavy (non-hydrogen) atoms. The van der Waals surface area contributed by atoms with E-state index in [0.29, 0.717) is 11.6 Å². The first kappa shape index (κ1) is 11.4. The van der Waals surface area contributed by atoms with Gasteiger partial charge in [0, 0.05) is 25.3 Å². The molecule has 2 aliphatic rings. The Hall–Kier alpha value is -1.65. The molecule has 2 heterocycles. The zero-order valence-electron chi connectivity index (χ0n) is 10.6. The molecule has 1 aliphatic carbocycles. The van der Waals surface area contributed by atoms with Crippen molar-refractivity contribution >= 4 is 11.9 Å². The number of nitrogens with zero attached hydrogens (tertiary/aromatic N) is 3. The first-order valence-electron chi connectivity index (χ1n) is 6.63. The minimum Gasteiger partial charge on any atom is -0.349 e. The number of anilines is 1. The highest BCUT2D eigenvalue weighted by Gasteiger charge is 2.25. The maximum Gasteiger partial charge on any atom is 0.254 e. The van der Waals surface area contributed by atoms with Crippen LogP contribution in [-0.2, 0) is 0 Å². The summed E-state index contributed by atoms with van der Waals surface area (Å²) in [6, 6.07) is 0.371. The molecule has 0 aromatic carbocycles. The standard InChI is InChI=1S/C13H18N4O/c1-9-11(12(18)16-10-4-5-10)8-14-13(15-9)17-6-2-3-7-17/h8,10H,2-7H2,1H3,(H,16,18). The van der Waals surface area contributed by atoms with Crippen LogP contribution < -0.4 is 10.2 Å². The van der Waals surface area contributed by atoms with Gasteiger partial charge in [0.2, 0.25) is 5.95 Å². The Morgan fingerprint density at radius 2 is 2.11 bits per heavy atom. The van der Waals surface area contributed by atoms with Crippen LogP contribution in [0.2, 0.25) is 0 Å². The van der Waals surface area contributed by atoms with Crippen molar-refractivity contribution in [2.45, 2.75) is 38.6 Å². The van der Waals surface area contributed by atoms with Crippen molar-refractivity contribution in [3.63, 3.8) is 0 Å². The Morgan fingerprint density at radius 3 is 2.72 bits per heavy atom. The smallest absolute Gasteiger partial charge is 0.254 e. The minimum atomic E-state index is -0.0389. The van der Waals surface area contributed by atoms with Crippen LogP contribution in [0.3, 0.4) is 0 Å². The SMILES string of the molecule is Cc1nc(N2CCCC2)ncc1C(=O)NC1CC1. The molecular weight excluding hydrogens is 228 g/mol. The summed E-state index contributed by atoms with van der Waals surface area (Å²) in [7, 11) is 0. The number of rotatable bonds is 3. The zero-order valence-corrected chi connectivity index (χ0v) is 10.6. The van der Waals surface area contributed by atoms with E-state index in [9.17, 15) is 4.79 Å². The van der Waals surface area contributed by atoms with Crippen molar-refractivity contribution in [3.05, 3.63) is 17.5 Å². The molecule has 5 nitrogen and oxygen atoms in total. The molecule has 1 aliphatic heterocycles. The van der Waals surface area contributed by atoms with Gasteiger partial charge in [-0.3, -0.25) is 4.79 Å². The predicted molar refractivity (Wildman–Crippen MR) is 68.7 cm³/mol.